The number of rotatable bonds is 7. The fraction of sp³-hybridized carbons (Fsp3) is 0.706. The number of aryl methyl sites for hydroxylation is 1. The van der Waals surface area contributed by atoms with E-state index >= 15 is 0 Å². The molecule has 112 valence electrons. The van der Waals surface area contributed by atoms with Crippen molar-refractivity contribution in [3.8, 4) is 0 Å². The van der Waals surface area contributed by atoms with Gasteiger partial charge < -0.3 is 10.1 Å². The van der Waals surface area contributed by atoms with E-state index in [-0.39, 0.29) is 6.10 Å². The second-order valence-corrected chi connectivity index (χ2v) is 5.99. The van der Waals surface area contributed by atoms with Crippen LogP contribution in [-0.2, 0) is 11.2 Å². The lowest BCUT2D eigenvalue weighted by molar-refractivity contribution is 0.0538. The zero-order valence-electron chi connectivity index (χ0n) is 13.1. The minimum atomic E-state index is 0.285. The third-order valence-electron chi connectivity index (χ3n) is 3.99. The molecule has 0 amide bonds. The maximum Gasteiger partial charge on any atom is 0.0629 e. The van der Waals surface area contributed by atoms with Crippen molar-refractivity contribution in [2.75, 3.05) is 13.2 Å². The van der Waals surface area contributed by atoms with E-state index in [2.05, 4.69) is 43.2 Å². The predicted molar refractivity (Wildman–Crippen MR) is 83.1 cm³/mol. The van der Waals surface area contributed by atoms with Crippen LogP contribution < -0.4 is 5.32 Å². The van der Waals surface area contributed by atoms with Crippen molar-refractivity contribution < 1.29 is 4.74 Å². The van der Waals surface area contributed by atoms with E-state index < -0.39 is 0 Å². The quantitative estimate of drug-likeness (QED) is 0.829. The molecule has 3 nitrogen and oxygen atoms in total. The zero-order chi connectivity index (χ0) is 14.4. The third-order valence-corrected chi connectivity index (χ3v) is 3.99. The highest BCUT2D eigenvalue weighted by atomic mass is 16.5. The van der Waals surface area contributed by atoms with Gasteiger partial charge in [-0.05, 0) is 57.7 Å². The number of aromatic nitrogens is 1. The maximum atomic E-state index is 5.88. The smallest absolute Gasteiger partial charge is 0.0629 e. The first-order valence-corrected chi connectivity index (χ1v) is 8.01. The molecule has 1 aliphatic rings. The van der Waals surface area contributed by atoms with E-state index in [4.69, 9.17) is 4.74 Å². The van der Waals surface area contributed by atoms with Crippen LogP contribution in [0.5, 0.6) is 0 Å². The van der Waals surface area contributed by atoms with Crippen LogP contribution in [0.2, 0.25) is 0 Å². The van der Waals surface area contributed by atoms with Crippen LogP contribution in [0.15, 0.2) is 18.3 Å². The Morgan fingerprint density at radius 3 is 3.05 bits per heavy atom. The van der Waals surface area contributed by atoms with Crippen LogP contribution >= 0.6 is 0 Å². The third kappa shape index (κ3) is 4.03. The Morgan fingerprint density at radius 2 is 2.30 bits per heavy atom. The highest BCUT2D eigenvalue weighted by Gasteiger charge is 2.28. The lowest BCUT2D eigenvalue weighted by Gasteiger charge is -2.32. The Kier molecular flexibility index (Phi) is 5.99. The zero-order valence-corrected chi connectivity index (χ0v) is 13.1. The molecule has 0 saturated heterocycles. The van der Waals surface area contributed by atoms with E-state index in [0.717, 1.165) is 19.6 Å². The number of nitrogens with one attached hydrogen (secondary N) is 1. The summed E-state index contributed by atoms with van der Waals surface area (Å²) in [5, 5.41) is 3.67. The Bertz CT molecular complexity index is 406. The molecule has 1 aromatic heterocycles. The van der Waals surface area contributed by atoms with Crippen LogP contribution in [-0.4, -0.2) is 30.3 Å². The molecule has 0 spiro atoms. The highest BCUT2D eigenvalue weighted by molar-refractivity contribution is 5.27. The van der Waals surface area contributed by atoms with Gasteiger partial charge in [0, 0.05) is 23.9 Å². The van der Waals surface area contributed by atoms with Crippen molar-refractivity contribution in [2.45, 2.75) is 64.5 Å². The van der Waals surface area contributed by atoms with Crippen molar-refractivity contribution in [2.24, 2.45) is 0 Å². The fourth-order valence-corrected chi connectivity index (χ4v) is 2.98. The van der Waals surface area contributed by atoms with Gasteiger partial charge in [-0.2, -0.15) is 0 Å². The maximum absolute atomic E-state index is 5.88. The first-order valence-electron chi connectivity index (χ1n) is 8.01. The van der Waals surface area contributed by atoms with Gasteiger partial charge in [-0.15, -0.1) is 0 Å². The van der Waals surface area contributed by atoms with Gasteiger partial charge in [-0.3, -0.25) is 4.98 Å². The summed E-state index contributed by atoms with van der Waals surface area (Å²) in [4.78, 5) is 4.66. The summed E-state index contributed by atoms with van der Waals surface area (Å²) < 4.78 is 5.88. The molecule has 0 fully saturated rings. The number of hydrogen-bond donors (Lipinski definition) is 1. The number of hydrogen-bond acceptors (Lipinski definition) is 3. The Morgan fingerprint density at radius 1 is 1.45 bits per heavy atom. The first kappa shape index (κ1) is 15.5. The molecule has 0 aliphatic heterocycles. The number of pyridine rings is 1. The summed E-state index contributed by atoms with van der Waals surface area (Å²) in [6, 6.07) is 4.67. The van der Waals surface area contributed by atoms with E-state index in [9.17, 15) is 0 Å². The molecule has 3 heteroatoms. The molecular weight excluding hydrogens is 248 g/mol. The van der Waals surface area contributed by atoms with Gasteiger partial charge in [0.25, 0.3) is 0 Å². The normalized spacial score (nSPS) is 19.9. The van der Waals surface area contributed by atoms with Crippen molar-refractivity contribution in [3.63, 3.8) is 0 Å². The molecule has 0 aromatic carbocycles. The molecule has 0 radical (unpaired) electrons. The molecule has 1 aliphatic carbocycles. The molecule has 2 unspecified atom stereocenters. The molecule has 0 saturated carbocycles. The van der Waals surface area contributed by atoms with Crippen LogP contribution in [0.4, 0.5) is 0 Å². The highest BCUT2D eigenvalue weighted by Crippen LogP contribution is 2.32. The lowest BCUT2D eigenvalue weighted by atomic mass is 9.82. The molecule has 0 bridgehead atoms. The Hall–Kier alpha value is -0.930. The minimum absolute atomic E-state index is 0.285. The van der Waals surface area contributed by atoms with Crippen LogP contribution in [0.1, 0.15) is 57.2 Å². The van der Waals surface area contributed by atoms with Crippen molar-refractivity contribution in [1.29, 1.82) is 0 Å². The van der Waals surface area contributed by atoms with Gasteiger partial charge in [0.1, 0.15) is 0 Å². The minimum Gasteiger partial charge on any atom is -0.377 e. The molecular formula is C17H28N2O. The van der Waals surface area contributed by atoms with E-state index in [1.165, 1.54) is 30.5 Å². The summed E-state index contributed by atoms with van der Waals surface area (Å²) in [7, 11) is 0. The SMILES string of the molecule is CCCNC(COC(C)C)C1CCCc2cccnc21. The van der Waals surface area contributed by atoms with Gasteiger partial charge in [-0.25, -0.2) is 0 Å². The van der Waals surface area contributed by atoms with E-state index in [0.29, 0.717) is 12.0 Å². The van der Waals surface area contributed by atoms with Crippen LogP contribution in [0, 0.1) is 0 Å². The molecule has 1 heterocycles. The number of fused-ring (bicyclic) bond motifs is 1. The molecule has 1 aromatic rings. The summed E-state index contributed by atoms with van der Waals surface area (Å²) in [5.41, 5.74) is 2.72. The molecule has 2 rings (SSSR count). The molecule has 1 N–H and O–H groups in total. The summed E-state index contributed by atoms with van der Waals surface area (Å²) in [6.07, 6.45) is 7.01. The second kappa shape index (κ2) is 7.75. The lowest BCUT2D eigenvalue weighted by Crippen LogP contribution is -2.41. The van der Waals surface area contributed by atoms with Crippen LogP contribution in [0.3, 0.4) is 0 Å². The average Bonchev–Trinajstić information content (AvgIpc) is 2.47. The average molecular weight is 276 g/mol. The van der Waals surface area contributed by atoms with Crippen molar-refractivity contribution in [1.82, 2.24) is 10.3 Å². The fourth-order valence-electron chi connectivity index (χ4n) is 2.98. The van der Waals surface area contributed by atoms with Gasteiger partial charge in [0.05, 0.1) is 12.7 Å². The Labute approximate surface area is 123 Å². The molecule has 20 heavy (non-hydrogen) atoms. The predicted octanol–water partition coefficient (Wildman–Crippen LogP) is 3.29. The van der Waals surface area contributed by atoms with Gasteiger partial charge in [0.2, 0.25) is 0 Å². The largest absolute Gasteiger partial charge is 0.377 e. The van der Waals surface area contributed by atoms with E-state index in [1.54, 1.807) is 0 Å². The Balaban J connectivity index is 2.11. The standard InChI is InChI=1S/C17H28N2O/c1-4-10-18-16(12-20-13(2)3)15-9-5-7-14-8-6-11-19-17(14)15/h6,8,11,13,15-16,18H,4-5,7,9-10,12H2,1-3H3. The van der Waals surface area contributed by atoms with Crippen LogP contribution in [0.25, 0.3) is 0 Å². The topological polar surface area (TPSA) is 34.1 Å². The first-order chi connectivity index (χ1) is 9.72. The van der Waals surface area contributed by atoms with Gasteiger partial charge in [-0.1, -0.05) is 13.0 Å². The number of nitrogens with zero attached hydrogens (tertiary/aromatic N) is 1. The monoisotopic (exact) mass is 276 g/mol. The van der Waals surface area contributed by atoms with E-state index in [1.807, 2.05) is 6.20 Å². The van der Waals surface area contributed by atoms with Gasteiger partial charge in [0.15, 0.2) is 0 Å². The van der Waals surface area contributed by atoms with Crippen molar-refractivity contribution in [3.05, 3.63) is 29.6 Å². The molecule has 2 atom stereocenters. The van der Waals surface area contributed by atoms with Gasteiger partial charge >= 0.3 is 0 Å². The summed E-state index contributed by atoms with van der Waals surface area (Å²) >= 11 is 0. The number of ether oxygens (including phenoxy) is 1. The second-order valence-electron chi connectivity index (χ2n) is 5.99. The van der Waals surface area contributed by atoms with Crippen molar-refractivity contribution >= 4 is 0 Å². The summed E-state index contributed by atoms with van der Waals surface area (Å²) in [5.74, 6) is 0.491. The summed E-state index contributed by atoms with van der Waals surface area (Å²) in [6.45, 7) is 8.23.